The van der Waals surface area contributed by atoms with E-state index in [1.807, 2.05) is 0 Å². The topological polar surface area (TPSA) is 23.9 Å². The lowest BCUT2D eigenvalue weighted by molar-refractivity contribution is 0.320. The van der Waals surface area contributed by atoms with Crippen molar-refractivity contribution in [3.63, 3.8) is 0 Å². The van der Waals surface area contributed by atoms with E-state index in [0.29, 0.717) is 11.8 Å². The fourth-order valence-corrected chi connectivity index (χ4v) is 2.99. The van der Waals surface area contributed by atoms with Crippen LogP contribution in [0.4, 0.5) is 0 Å². The highest BCUT2D eigenvalue weighted by Gasteiger charge is 2.38. The van der Waals surface area contributed by atoms with E-state index < -0.39 is 0 Å². The number of nitrogens with one attached hydrogen (secondary N) is 1. The molecular formula is C16H23N. The van der Waals surface area contributed by atoms with Gasteiger partial charge in [0.25, 0.3) is 0 Å². The summed E-state index contributed by atoms with van der Waals surface area (Å²) in [6.07, 6.45) is 14.5. The molecule has 1 saturated carbocycles. The molecule has 3 atom stereocenters. The standard InChI is InChI=1S/C16H23N/c1-4-13-10-14(11-15(13)17)16(3)8-5-6-12(2)7-9-16/h5-9,13-14,17H,4,10-11H2,1-3H3. The van der Waals surface area contributed by atoms with Gasteiger partial charge < -0.3 is 5.41 Å². The van der Waals surface area contributed by atoms with E-state index in [4.69, 9.17) is 5.41 Å². The highest BCUT2D eigenvalue weighted by atomic mass is 14.5. The van der Waals surface area contributed by atoms with Crippen LogP contribution >= 0.6 is 0 Å². The van der Waals surface area contributed by atoms with Gasteiger partial charge in [-0.2, -0.15) is 0 Å². The molecule has 2 rings (SSSR count). The molecule has 0 aromatic rings. The molecule has 1 nitrogen and oxygen atoms in total. The van der Waals surface area contributed by atoms with Gasteiger partial charge in [0.1, 0.15) is 0 Å². The van der Waals surface area contributed by atoms with Gasteiger partial charge in [0.2, 0.25) is 0 Å². The predicted molar refractivity (Wildman–Crippen MR) is 74.4 cm³/mol. The summed E-state index contributed by atoms with van der Waals surface area (Å²) in [4.78, 5) is 0. The summed E-state index contributed by atoms with van der Waals surface area (Å²) < 4.78 is 0. The van der Waals surface area contributed by atoms with Crippen LogP contribution in [0.15, 0.2) is 36.0 Å². The first-order valence-electron chi connectivity index (χ1n) is 6.68. The quantitative estimate of drug-likeness (QED) is 0.720. The molecule has 2 aliphatic carbocycles. The molecule has 0 radical (unpaired) electrons. The number of hydrogen-bond acceptors (Lipinski definition) is 1. The summed E-state index contributed by atoms with van der Waals surface area (Å²) in [5, 5.41) is 8.07. The van der Waals surface area contributed by atoms with Gasteiger partial charge in [-0.1, -0.05) is 49.8 Å². The lowest BCUT2D eigenvalue weighted by Crippen LogP contribution is -2.21. The Kier molecular flexibility index (Phi) is 3.37. The Morgan fingerprint density at radius 2 is 2.18 bits per heavy atom. The van der Waals surface area contributed by atoms with Crippen molar-refractivity contribution in [3.8, 4) is 0 Å². The molecule has 2 aliphatic rings. The molecule has 0 heterocycles. The third kappa shape index (κ3) is 2.43. The maximum atomic E-state index is 8.07. The fourth-order valence-electron chi connectivity index (χ4n) is 2.99. The van der Waals surface area contributed by atoms with Crippen LogP contribution in [0.25, 0.3) is 0 Å². The molecular weight excluding hydrogens is 206 g/mol. The Bertz CT molecular complexity index is 400. The highest BCUT2D eigenvalue weighted by Crippen LogP contribution is 2.44. The second-order valence-corrected chi connectivity index (χ2v) is 5.74. The molecule has 0 spiro atoms. The zero-order valence-corrected chi connectivity index (χ0v) is 11.2. The molecule has 1 fully saturated rings. The predicted octanol–water partition coefficient (Wildman–Crippen LogP) is 4.52. The molecule has 3 unspecified atom stereocenters. The van der Waals surface area contributed by atoms with Gasteiger partial charge in [0.05, 0.1) is 0 Å². The minimum atomic E-state index is 0.129. The van der Waals surface area contributed by atoms with E-state index in [0.717, 1.165) is 18.6 Å². The van der Waals surface area contributed by atoms with Crippen LogP contribution in [0.2, 0.25) is 0 Å². The van der Waals surface area contributed by atoms with Gasteiger partial charge in [0.15, 0.2) is 0 Å². The van der Waals surface area contributed by atoms with Crippen molar-refractivity contribution in [2.24, 2.45) is 17.3 Å². The van der Waals surface area contributed by atoms with E-state index in [2.05, 4.69) is 51.2 Å². The molecule has 0 aliphatic heterocycles. The van der Waals surface area contributed by atoms with Crippen molar-refractivity contribution >= 4 is 5.71 Å². The normalized spacial score (nSPS) is 37.1. The molecule has 1 N–H and O–H groups in total. The van der Waals surface area contributed by atoms with Gasteiger partial charge >= 0.3 is 0 Å². The van der Waals surface area contributed by atoms with Crippen molar-refractivity contribution in [3.05, 3.63) is 36.0 Å². The summed E-state index contributed by atoms with van der Waals surface area (Å²) >= 11 is 0. The minimum absolute atomic E-state index is 0.129. The largest absolute Gasteiger partial charge is 0.309 e. The molecule has 0 saturated heterocycles. The number of rotatable bonds is 2. The summed E-state index contributed by atoms with van der Waals surface area (Å²) in [6.45, 7) is 6.65. The van der Waals surface area contributed by atoms with E-state index in [-0.39, 0.29) is 5.41 Å². The van der Waals surface area contributed by atoms with E-state index >= 15 is 0 Å². The van der Waals surface area contributed by atoms with Gasteiger partial charge in [-0.3, -0.25) is 0 Å². The molecule has 1 heteroatoms. The molecule has 17 heavy (non-hydrogen) atoms. The van der Waals surface area contributed by atoms with Crippen LogP contribution in [-0.2, 0) is 0 Å². The fraction of sp³-hybridized carbons (Fsp3) is 0.562. The Morgan fingerprint density at radius 1 is 1.41 bits per heavy atom. The third-order valence-electron chi connectivity index (χ3n) is 4.42. The average molecular weight is 229 g/mol. The first kappa shape index (κ1) is 12.3. The van der Waals surface area contributed by atoms with E-state index in [1.54, 1.807) is 0 Å². The van der Waals surface area contributed by atoms with Crippen molar-refractivity contribution < 1.29 is 0 Å². The maximum absolute atomic E-state index is 8.07. The first-order valence-corrected chi connectivity index (χ1v) is 6.68. The molecule has 0 amide bonds. The molecule has 92 valence electrons. The van der Waals surface area contributed by atoms with E-state index in [1.165, 1.54) is 12.0 Å². The number of allylic oxidation sites excluding steroid dienone is 6. The van der Waals surface area contributed by atoms with Crippen LogP contribution in [-0.4, -0.2) is 5.71 Å². The van der Waals surface area contributed by atoms with Crippen molar-refractivity contribution in [2.45, 2.75) is 40.0 Å². The Labute approximate surface area is 105 Å². The average Bonchev–Trinajstić information content (AvgIpc) is 2.59. The van der Waals surface area contributed by atoms with Gasteiger partial charge in [-0.05, 0) is 38.0 Å². The number of hydrogen-bond donors (Lipinski definition) is 1. The van der Waals surface area contributed by atoms with Crippen LogP contribution in [0, 0.1) is 22.7 Å². The second kappa shape index (κ2) is 4.64. The lowest BCUT2D eigenvalue weighted by Gasteiger charge is -2.29. The van der Waals surface area contributed by atoms with Crippen LogP contribution in [0.3, 0.4) is 0 Å². The summed E-state index contributed by atoms with van der Waals surface area (Å²) in [7, 11) is 0. The smallest absolute Gasteiger partial charge is 0.0123 e. The lowest BCUT2D eigenvalue weighted by atomic mass is 9.75. The van der Waals surface area contributed by atoms with Crippen LogP contribution in [0.5, 0.6) is 0 Å². The zero-order valence-electron chi connectivity index (χ0n) is 11.2. The summed E-state index contributed by atoms with van der Waals surface area (Å²) in [5.74, 6) is 1.13. The van der Waals surface area contributed by atoms with E-state index in [9.17, 15) is 0 Å². The van der Waals surface area contributed by atoms with Crippen LogP contribution < -0.4 is 0 Å². The van der Waals surface area contributed by atoms with Crippen molar-refractivity contribution in [2.75, 3.05) is 0 Å². The van der Waals surface area contributed by atoms with Gasteiger partial charge in [-0.15, -0.1) is 0 Å². The van der Waals surface area contributed by atoms with Crippen molar-refractivity contribution in [1.82, 2.24) is 0 Å². The maximum Gasteiger partial charge on any atom is 0.0123 e. The second-order valence-electron chi connectivity index (χ2n) is 5.74. The van der Waals surface area contributed by atoms with Gasteiger partial charge in [0, 0.05) is 11.1 Å². The Balaban J connectivity index is 2.18. The summed E-state index contributed by atoms with van der Waals surface area (Å²) in [6, 6.07) is 0. The highest BCUT2D eigenvalue weighted by molar-refractivity contribution is 5.86. The SMILES string of the molecule is CCC1CC(C2(C)C=CC=C(C)C=C2)CC1=N. The molecule has 0 aromatic carbocycles. The van der Waals surface area contributed by atoms with Crippen LogP contribution in [0.1, 0.15) is 40.0 Å². The first-order chi connectivity index (χ1) is 8.05. The Morgan fingerprint density at radius 3 is 2.82 bits per heavy atom. The summed E-state index contributed by atoms with van der Waals surface area (Å²) in [5.41, 5.74) is 2.41. The zero-order chi connectivity index (χ0) is 12.5. The Hall–Kier alpha value is -1.11. The minimum Gasteiger partial charge on any atom is -0.309 e. The monoisotopic (exact) mass is 229 g/mol. The molecule has 0 bridgehead atoms. The van der Waals surface area contributed by atoms with Gasteiger partial charge in [-0.25, -0.2) is 0 Å². The van der Waals surface area contributed by atoms with Crippen molar-refractivity contribution in [1.29, 1.82) is 5.41 Å². The molecule has 0 aromatic heterocycles. The third-order valence-corrected chi connectivity index (χ3v) is 4.42.